The predicted molar refractivity (Wildman–Crippen MR) is 86.4 cm³/mol. The number of aryl methyl sites for hydroxylation is 1. The maximum absolute atomic E-state index is 12.2. The Labute approximate surface area is 135 Å². The fourth-order valence-corrected chi connectivity index (χ4v) is 2.98. The van der Waals surface area contributed by atoms with Gasteiger partial charge in [0.15, 0.2) is 0 Å². The summed E-state index contributed by atoms with van der Waals surface area (Å²) in [6.07, 6.45) is -0.107. The van der Waals surface area contributed by atoms with Gasteiger partial charge >= 0.3 is 6.03 Å². The number of ether oxygens (including phenoxy) is 2. The molecule has 1 fully saturated rings. The van der Waals surface area contributed by atoms with Gasteiger partial charge in [0.25, 0.3) is 0 Å². The average molecular weight is 318 g/mol. The van der Waals surface area contributed by atoms with Crippen LogP contribution in [0.3, 0.4) is 0 Å². The van der Waals surface area contributed by atoms with E-state index >= 15 is 0 Å². The van der Waals surface area contributed by atoms with E-state index in [0.29, 0.717) is 13.2 Å². The number of urea groups is 1. The summed E-state index contributed by atoms with van der Waals surface area (Å²) < 4.78 is 16.5. The normalized spacial score (nSPS) is 22.2. The van der Waals surface area contributed by atoms with Crippen molar-refractivity contribution in [1.82, 2.24) is 10.6 Å². The molecule has 2 unspecified atom stereocenters. The van der Waals surface area contributed by atoms with Crippen molar-refractivity contribution in [2.45, 2.75) is 32.0 Å². The van der Waals surface area contributed by atoms with Crippen LogP contribution in [0.5, 0.6) is 0 Å². The SMILES string of the molecule is COC1COCC1NC(=O)N[C@@H](C)c1oc2ccccc2c1C. The molecule has 2 heterocycles. The van der Waals surface area contributed by atoms with Crippen LogP contribution in [-0.2, 0) is 9.47 Å². The molecule has 1 aromatic carbocycles. The molecule has 1 aliphatic rings. The van der Waals surface area contributed by atoms with Crippen molar-refractivity contribution in [2.75, 3.05) is 20.3 Å². The van der Waals surface area contributed by atoms with E-state index in [0.717, 1.165) is 22.3 Å². The number of methoxy groups -OCH3 is 1. The first kappa shape index (κ1) is 15.8. The fourth-order valence-electron chi connectivity index (χ4n) is 2.98. The molecular formula is C17H22N2O4. The van der Waals surface area contributed by atoms with Gasteiger partial charge in [-0.3, -0.25) is 0 Å². The lowest BCUT2D eigenvalue weighted by atomic mass is 10.1. The van der Waals surface area contributed by atoms with Crippen molar-refractivity contribution >= 4 is 17.0 Å². The van der Waals surface area contributed by atoms with E-state index in [4.69, 9.17) is 13.9 Å². The third-order valence-corrected chi connectivity index (χ3v) is 4.27. The summed E-state index contributed by atoms with van der Waals surface area (Å²) in [5, 5.41) is 6.88. The Morgan fingerprint density at radius 1 is 1.35 bits per heavy atom. The molecule has 0 spiro atoms. The minimum Gasteiger partial charge on any atom is -0.459 e. The van der Waals surface area contributed by atoms with E-state index in [2.05, 4.69) is 10.6 Å². The summed E-state index contributed by atoms with van der Waals surface area (Å²) in [5.74, 6) is 0.771. The number of benzene rings is 1. The number of para-hydroxylation sites is 1. The van der Waals surface area contributed by atoms with Crippen molar-refractivity contribution in [2.24, 2.45) is 0 Å². The number of fused-ring (bicyclic) bond motifs is 1. The number of furan rings is 1. The van der Waals surface area contributed by atoms with E-state index in [9.17, 15) is 4.79 Å². The van der Waals surface area contributed by atoms with Gasteiger partial charge in [-0.15, -0.1) is 0 Å². The second-order valence-electron chi connectivity index (χ2n) is 5.85. The van der Waals surface area contributed by atoms with E-state index in [1.807, 2.05) is 38.1 Å². The summed E-state index contributed by atoms with van der Waals surface area (Å²) in [6, 6.07) is 7.24. The topological polar surface area (TPSA) is 72.7 Å². The standard InChI is InChI=1S/C17H22N2O4/c1-10-12-6-4-5-7-14(12)23-16(10)11(2)18-17(20)19-13-8-22-9-15(13)21-3/h4-7,11,13,15H,8-9H2,1-3H3,(H2,18,19,20)/t11-,13?,15?/m0/s1. The summed E-state index contributed by atoms with van der Waals surface area (Å²) in [6.45, 7) is 4.87. The highest BCUT2D eigenvalue weighted by atomic mass is 16.5. The lowest BCUT2D eigenvalue weighted by molar-refractivity contribution is 0.0744. The number of carbonyl (C=O) groups is 1. The largest absolute Gasteiger partial charge is 0.459 e. The molecule has 23 heavy (non-hydrogen) atoms. The molecule has 2 aromatic rings. The monoisotopic (exact) mass is 318 g/mol. The van der Waals surface area contributed by atoms with Gasteiger partial charge < -0.3 is 24.5 Å². The summed E-state index contributed by atoms with van der Waals surface area (Å²) in [7, 11) is 1.62. The minimum absolute atomic E-state index is 0.107. The van der Waals surface area contributed by atoms with Crippen LogP contribution in [0.1, 0.15) is 24.3 Å². The molecule has 0 saturated carbocycles. The average Bonchev–Trinajstić information content (AvgIpc) is 3.12. The number of nitrogens with one attached hydrogen (secondary N) is 2. The molecule has 0 radical (unpaired) electrons. The zero-order valence-electron chi connectivity index (χ0n) is 13.6. The van der Waals surface area contributed by atoms with Crippen LogP contribution >= 0.6 is 0 Å². The minimum atomic E-state index is -0.255. The fraction of sp³-hybridized carbons (Fsp3) is 0.471. The molecule has 1 aliphatic heterocycles. The van der Waals surface area contributed by atoms with Gasteiger partial charge in [0.1, 0.15) is 17.4 Å². The third-order valence-electron chi connectivity index (χ3n) is 4.27. The van der Waals surface area contributed by atoms with Crippen LogP contribution in [0.2, 0.25) is 0 Å². The number of rotatable bonds is 4. The highest BCUT2D eigenvalue weighted by molar-refractivity contribution is 5.82. The van der Waals surface area contributed by atoms with E-state index in [1.165, 1.54) is 0 Å². The smallest absolute Gasteiger partial charge is 0.315 e. The van der Waals surface area contributed by atoms with Crippen LogP contribution in [0.25, 0.3) is 11.0 Å². The molecule has 2 amide bonds. The van der Waals surface area contributed by atoms with Gasteiger partial charge in [0.05, 0.1) is 25.3 Å². The molecule has 6 nitrogen and oxygen atoms in total. The van der Waals surface area contributed by atoms with Crippen molar-refractivity contribution in [3.8, 4) is 0 Å². The van der Waals surface area contributed by atoms with Crippen LogP contribution in [0.15, 0.2) is 28.7 Å². The second kappa shape index (κ2) is 6.60. The third kappa shape index (κ3) is 3.18. The van der Waals surface area contributed by atoms with Crippen molar-refractivity contribution in [3.05, 3.63) is 35.6 Å². The van der Waals surface area contributed by atoms with Crippen molar-refractivity contribution in [1.29, 1.82) is 0 Å². The lowest BCUT2D eigenvalue weighted by Gasteiger charge is -2.20. The molecule has 1 aromatic heterocycles. The van der Waals surface area contributed by atoms with E-state index < -0.39 is 0 Å². The predicted octanol–water partition coefficient (Wildman–Crippen LogP) is 2.52. The molecule has 124 valence electrons. The first-order valence-corrected chi connectivity index (χ1v) is 7.75. The molecule has 6 heteroatoms. The Kier molecular flexibility index (Phi) is 4.54. The van der Waals surface area contributed by atoms with Crippen LogP contribution in [0, 0.1) is 6.92 Å². The quantitative estimate of drug-likeness (QED) is 0.908. The molecule has 1 saturated heterocycles. The zero-order valence-corrected chi connectivity index (χ0v) is 13.6. The van der Waals surface area contributed by atoms with Gasteiger partial charge in [-0.2, -0.15) is 0 Å². The van der Waals surface area contributed by atoms with Crippen molar-refractivity contribution < 1.29 is 18.7 Å². The molecule has 3 atom stereocenters. The van der Waals surface area contributed by atoms with Crippen LogP contribution in [-0.4, -0.2) is 38.5 Å². The highest BCUT2D eigenvalue weighted by Gasteiger charge is 2.30. The Bertz CT molecular complexity index is 697. The maximum Gasteiger partial charge on any atom is 0.315 e. The van der Waals surface area contributed by atoms with E-state index in [-0.39, 0.29) is 24.2 Å². The molecule has 0 aliphatic carbocycles. The van der Waals surface area contributed by atoms with E-state index in [1.54, 1.807) is 7.11 Å². The van der Waals surface area contributed by atoms with Crippen LogP contribution < -0.4 is 10.6 Å². The Morgan fingerprint density at radius 3 is 2.87 bits per heavy atom. The Balaban J connectivity index is 1.67. The van der Waals surface area contributed by atoms with Gasteiger partial charge in [0.2, 0.25) is 0 Å². The summed E-state index contributed by atoms with van der Waals surface area (Å²) in [4.78, 5) is 12.2. The Hall–Kier alpha value is -2.05. The summed E-state index contributed by atoms with van der Waals surface area (Å²) in [5.41, 5.74) is 1.88. The number of hydrogen-bond donors (Lipinski definition) is 2. The number of carbonyl (C=O) groups excluding carboxylic acids is 1. The van der Waals surface area contributed by atoms with Gasteiger partial charge in [0, 0.05) is 18.1 Å². The second-order valence-corrected chi connectivity index (χ2v) is 5.85. The maximum atomic E-state index is 12.2. The number of hydrogen-bond acceptors (Lipinski definition) is 4. The van der Waals surface area contributed by atoms with Gasteiger partial charge in [-0.05, 0) is 19.9 Å². The lowest BCUT2D eigenvalue weighted by Crippen LogP contribution is -2.48. The Morgan fingerprint density at radius 2 is 2.13 bits per heavy atom. The first-order valence-electron chi connectivity index (χ1n) is 7.75. The molecule has 2 N–H and O–H groups in total. The van der Waals surface area contributed by atoms with Crippen LogP contribution in [0.4, 0.5) is 4.79 Å². The molecular weight excluding hydrogens is 296 g/mol. The zero-order chi connectivity index (χ0) is 16.4. The number of amides is 2. The van der Waals surface area contributed by atoms with Gasteiger partial charge in [-0.1, -0.05) is 18.2 Å². The summed E-state index contributed by atoms with van der Waals surface area (Å²) >= 11 is 0. The highest BCUT2D eigenvalue weighted by Crippen LogP contribution is 2.29. The molecule has 0 bridgehead atoms. The first-order chi connectivity index (χ1) is 11.1. The van der Waals surface area contributed by atoms with Gasteiger partial charge in [-0.25, -0.2) is 4.79 Å². The van der Waals surface area contributed by atoms with Crippen molar-refractivity contribution in [3.63, 3.8) is 0 Å². The molecule has 3 rings (SSSR count).